The van der Waals surface area contributed by atoms with Gasteiger partial charge in [0, 0.05) is 18.7 Å². The van der Waals surface area contributed by atoms with Gasteiger partial charge in [-0.3, -0.25) is 9.59 Å². The summed E-state index contributed by atoms with van der Waals surface area (Å²) in [5.41, 5.74) is 0.672. The number of likely N-dealkylation sites (tertiary alicyclic amines) is 1. The maximum absolute atomic E-state index is 13.0. The van der Waals surface area contributed by atoms with Crippen molar-refractivity contribution in [3.8, 4) is 11.3 Å². The van der Waals surface area contributed by atoms with Gasteiger partial charge >= 0.3 is 5.97 Å². The first kappa shape index (κ1) is 16.2. The third-order valence-corrected chi connectivity index (χ3v) is 4.24. The molecule has 1 aromatic heterocycles. The summed E-state index contributed by atoms with van der Waals surface area (Å²) in [5, 5.41) is 9.21. The molecule has 1 aliphatic rings. The average molecular weight is 331 g/mol. The first-order valence-corrected chi connectivity index (χ1v) is 7.82. The van der Waals surface area contributed by atoms with Gasteiger partial charge in [0.15, 0.2) is 5.76 Å². The highest BCUT2D eigenvalue weighted by atomic mass is 19.1. The number of aliphatic carboxylic acids is 1. The van der Waals surface area contributed by atoms with Gasteiger partial charge in [-0.15, -0.1) is 0 Å². The van der Waals surface area contributed by atoms with Crippen LogP contribution in [0.25, 0.3) is 11.3 Å². The number of furan rings is 1. The van der Waals surface area contributed by atoms with Gasteiger partial charge in [-0.1, -0.05) is 6.92 Å². The number of nitrogens with zero attached hydrogens (tertiary/aromatic N) is 1. The Balaban J connectivity index is 1.78. The summed E-state index contributed by atoms with van der Waals surface area (Å²) < 4.78 is 18.6. The number of carboxylic acid groups (broad SMARTS) is 1. The van der Waals surface area contributed by atoms with E-state index in [2.05, 4.69) is 0 Å². The molecule has 2 heterocycles. The highest BCUT2D eigenvalue weighted by Crippen LogP contribution is 2.26. The first-order chi connectivity index (χ1) is 11.4. The summed E-state index contributed by atoms with van der Waals surface area (Å²) in [6.45, 7) is 2.63. The summed E-state index contributed by atoms with van der Waals surface area (Å²) in [6, 6.07) is 9.02. The lowest BCUT2D eigenvalue weighted by Crippen LogP contribution is -2.45. The fourth-order valence-electron chi connectivity index (χ4n) is 3.07. The second kappa shape index (κ2) is 6.47. The minimum atomic E-state index is -0.884. The molecule has 2 aromatic rings. The second-order valence-electron chi connectivity index (χ2n) is 6.26. The van der Waals surface area contributed by atoms with E-state index in [9.17, 15) is 19.1 Å². The van der Waals surface area contributed by atoms with Crippen molar-refractivity contribution in [1.29, 1.82) is 0 Å². The molecule has 0 bridgehead atoms. The van der Waals surface area contributed by atoms with E-state index in [-0.39, 0.29) is 29.9 Å². The Morgan fingerprint density at radius 3 is 2.54 bits per heavy atom. The summed E-state index contributed by atoms with van der Waals surface area (Å²) in [4.78, 5) is 25.3. The molecule has 0 saturated carbocycles. The maximum atomic E-state index is 13.0. The molecule has 1 aliphatic heterocycles. The van der Waals surface area contributed by atoms with Crippen molar-refractivity contribution in [3.05, 3.63) is 48.0 Å². The van der Waals surface area contributed by atoms with Gasteiger partial charge in [-0.2, -0.15) is 0 Å². The van der Waals surface area contributed by atoms with Gasteiger partial charge < -0.3 is 14.4 Å². The lowest BCUT2D eigenvalue weighted by molar-refractivity contribution is -0.143. The maximum Gasteiger partial charge on any atom is 0.308 e. The van der Waals surface area contributed by atoms with Gasteiger partial charge in [0.05, 0.1) is 5.92 Å². The number of piperidine rings is 1. The Kier molecular flexibility index (Phi) is 4.38. The van der Waals surface area contributed by atoms with Crippen LogP contribution in [0.5, 0.6) is 0 Å². The normalized spacial score (nSPS) is 20.8. The van der Waals surface area contributed by atoms with E-state index in [1.165, 1.54) is 17.0 Å². The number of carbonyl (C=O) groups is 2. The Hall–Kier alpha value is -2.63. The Morgan fingerprint density at radius 2 is 1.88 bits per heavy atom. The largest absolute Gasteiger partial charge is 0.481 e. The summed E-state index contributed by atoms with van der Waals surface area (Å²) in [7, 11) is 0. The number of hydrogen-bond acceptors (Lipinski definition) is 3. The van der Waals surface area contributed by atoms with Crippen LogP contribution in [0, 0.1) is 17.7 Å². The Bertz CT molecular complexity index is 753. The molecule has 1 aromatic carbocycles. The monoisotopic (exact) mass is 331 g/mol. The van der Waals surface area contributed by atoms with Crippen LogP contribution in [-0.2, 0) is 4.79 Å². The predicted octanol–water partition coefficient (Wildman–Crippen LogP) is 3.27. The van der Waals surface area contributed by atoms with E-state index in [1.54, 1.807) is 24.3 Å². The number of rotatable bonds is 3. The van der Waals surface area contributed by atoms with E-state index < -0.39 is 11.9 Å². The third-order valence-electron chi connectivity index (χ3n) is 4.24. The second-order valence-corrected chi connectivity index (χ2v) is 6.26. The van der Waals surface area contributed by atoms with Crippen LogP contribution in [0.15, 0.2) is 40.8 Å². The molecule has 6 heteroatoms. The van der Waals surface area contributed by atoms with E-state index in [1.807, 2.05) is 6.92 Å². The van der Waals surface area contributed by atoms with Crippen molar-refractivity contribution in [3.63, 3.8) is 0 Å². The molecule has 3 rings (SSSR count). The fraction of sp³-hybridized carbons (Fsp3) is 0.333. The number of amides is 1. The third kappa shape index (κ3) is 3.32. The van der Waals surface area contributed by atoms with E-state index in [0.717, 1.165) is 0 Å². The first-order valence-electron chi connectivity index (χ1n) is 7.82. The Labute approximate surface area is 138 Å². The number of carbonyl (C=O) groups excluding carboxylic acids is 1. The zero-order valence-corrected chi connectivity index (χ0v) is 13.2. The zero-order chi connectivity index (χ0) is 17.3. The van der Waals surface area contributed by atoms with Gasteiger partial charge in [0.1, 0.15) is 11.6 Å². The zero-order valence-electron chi connectivity index (χ0n) is 13.2. The lowest BCUT2D eigenvalue weighted by Gasteiger charge is -2.34. The van der Waals surface area contributed by atoms with Crippen molar-refractivity contribution < 1.29 is 23.5 Å². The van der Waals surface area contributed by atoms with Crippen LogP contribution in [-0.4, -0.2) is 35.0 Å². The molecular formula is C18H18FNO4. The standard InChI is InChI=1S/C18H18FNO4/c1-11-8-13(18(22)23)10-20(9-11)17(21)16-7-6-15(24-16)12-2-4-14(19)5-3-12/h2-7,11,13H,8-10H2,1H3,(H,22,23). The van der Waals surface area contributed by atoms with E-state index in [4.69, 9.17) is 4.42 Å². The molecule has 1 N–H and O–H groups in total. The highest BCUT2D eigenvalue weighted by molar-refractivity contribution is 5.92. The van der Waals surface area contributed by atoms with Crippen LogP contribution in [0.2, 0.25) is 0 Å². The minimum Gasteiger partial charge on any atom is -0.481 e. The van der Waals surface area contributed by atoms with E-state index in [0.29, 0.717) is 24.3 Å². The van der Waals surface area contributed by atoms with Crippen molar-refractivity contribution in [2.45, 2.75) is 13.3 Å². The van der Waals surface area contributed by atoms with Crippen LogP contribution in [0.3, 0.4) is 0 Å². The van der Waals surface area contributed by atoms with Gasteiger partial charge in [0.2, 0.25) is 0 Å². The van der Waals surface area contributed by atoms with Crippen molar-refractivity contribution in [2.75, 3.05) is 13.1 Å². The molecular weight excluding hydrogens is 313 g/mol. The molecule has 0 spiro atoms. The highest BCUT2D eigenvalue weighted by Gasteiger charge is 2.33. The molecule has 0 aliphatic carbocycles. The predicted molar refractivity (Wildman–Crippen MR) is 84.9 cm³/mol. The SMILES string of the molecule is CC1CC(C(=O)O)CN(C(=O)c2ccc(-c3ccc(F)cc3)o2)C1. The number of halogens is 1. The number of carboxylic acids is 1. The average Bonchev–Trinajstić information content (AvgIpc) is 3.04. The van der Waals surface area contributed by atoms with Crippen molar-refractivity contribution in [2.24, 2.45) is 11.8 Å². The van der Waals surface area contributed by atoms with Gasteiger partial charge in [-0.25, -0.2) is 4.39 Å². The fourth-order valence-corrected chi connectivity index (χ4v) is 3.07. The van der Waals surface area contributed by atoms with E-state index >= 15 is 0 Å². The van der Waals surface area contributed by atoms with Crippen molar-refractivity contribution in [1.82, 2.24) is 4.90 Å². The topological polar surface area (TPSA) is 70.8 Å². The lowest BCUT2D eigenvalue weighted by atomic mass is 9.90. The molecule has 24 heavy (non-hydrogen) atoms. The van der Waals surface area contributed by atoms with Gasteiger partial charge in [0.25, 0.3) is 5.91 Å². The molecule has 2 unspecified atom stereocenters. The molecule has 1 amide bonds. The van der Waals surface area contributed by atoms with Crippen molar-refractivity contribution >= 4 is 11.9 Å². The molecule has 126 valence electrons. The summed E-state index contributed by atoms with van der Waals surface area (Å²) in [5.74, 6) is -1.35. The molecule has 5 nitrogen and oxygen atoms in total. The Morgan fingerprint density at radius 1 is 1.17 bits per heavy atom. The molecule has 2 atom stereocenters. The summed E-state index contributed by atoms with van der Waals surface area (Å²) in [6.07, 6.45) is 0.568. The van der Waals surface area contributed by atoms with Crippen LogP contribution >= 0.6 is 0 Å². The molecule has 1 saturated heterocycles. The number of benzene rings is 1. The molecule has 1 fully saturated rings. The van der Waals surface area contributed by atoms with Crippen LogP contribution in [0.4, 0.5) is 4.39 Å². The number of hydrogen-bond donors (Lipinski definition) is 1. The molecule has 0 radical (unpaired) electrons. The quantitative estimate of drug-likeness (QED) is 0.937. The minimum absolute atomic E-state index is 0.121. The summed E-state index contributed by atoms with van der Waals surface area (Å²) >= 11 is 0. The van der Waals surface area contributed by atoms with Gasteiger partial charge in [-0.05, 0) is 48.7 Å². The van der Waals surface area contributed by atoms with Crippen LogP contribution in [0.1, 0.15) is 23.9 Å². The van der Waals surface area contributed by atoms with Crippen LogP contribution < -0.4 is 0 Å². The smallest absolute Gasteiger partial charge is 0.308 e.